The average Bonchev–Trinajstić information content (AvgIpc) is 2.78. The van der Waals surface area contributed by atoms with E-state index in [2.05, 4.69) is 62.4 Å². The van der Waals surface area contributed by atoms with Crippen LogP contribution >= 0.6 is 0 Å². The Bertz CT molecular complexity index is 1340. The third-order valence-corrected chi connectivity index (χ3v) is 6.56. The molecule has 1 nitrogen and oxygen atoms in total. The first kappa shape index (κ1) is 19.6. The highest BCUT2D eigenvalue weighted by Gasteiger charge is 2.33. The Kier molecular flexibility index (Phi) is 4.90. The lowest BCUT2D eigenvalue weighted by Gasteiger charge is -2.37. The van der Waals surface area contributed by atoms with Crippen LogP contribution in [0.4, 0.5) is 0 Å². The first-order chi connectivity index (χ1) is 15.0. The number of hydrogen-bond donors (Lipinski definition) is 1. The van der Waals surface area contributed by atoms with Gasteiger partial charge in [-0.2, -0.15) is 0 Å². The molecule has 0 atom stereocenters. The molecule has 1 heteroatoms. The quantitative estimate of drug-likeness (QED) is 0.313. The summed E-state index contributed by atoms with van der Waals surface area (Å²) in [6.07, 6.45) is 8.32. The Labute approximate surface area is 184 Å². The standard InChI is InChI=1S/C20H20.C10H8O/c1-20(2)13-15-8-4-5-9-16(15)18-12-11-14-7-3-6-10-17(14)19(18)20;11-10-6-5-8-3-1-2-4-9(8)7-10/h3,5-7,9-12H,4,8,13H2,1-2H3;1-7,11H. The van der Waals surface area contributed by atoms with Gasteiger partial charge in [-0.1, -0.05) is 98.3 Å². The van der Waals surface area contributed by atoms with Crippen LogP contribution in [0.25, 0.3) is 27.1 Å². The molecule has 154 valence electrons. The number of aromatic hydroxyl groups is 1. The van der Waals surface area contributed by atoms with E-state index in [0.29, 0.717) is 5.75 Å². The molecule has 4 aromatic rings. The second-order valence-corrected chi connectivity index (χ2v) is 9.26. The van der Waals surface area contributed by atoms with Gasteiger partial charge >= 0.3 is 0 Å². The topological polar surface area (TPSA) is 20.2 Å². The van der Waals surface area contributed by atoms with Gasteiger partial charge in [0, 0.05) is 0 Å². The number of benzene rings is 4. The zero-order valence-electron chi connectivity index (χ0n) is 18.2. The summed E-state index contributed by atoms with van der Waals surface area (Å²) in [5.74, 6) is 0.323. The Morgan fingerprint density at radius 1 is 0.774 bits per heavy atom. The molecule has 31 heavy (non-hydrogen) atoms. The first-order valence-corrected chi connectivity index (χ1v) is 11.1. The Balaban J connectivity index is 0.000000157. The maximum absolute atomic E-state index is 9.13. The SMILES string of the molecule is CC1(C)CC2=C(C=CCC2)c2ccc3ccccc3c21.Oc1ccc2ccccc2c1. The lowest BCUT2D eigenvalue weighted by molar-refractivity contribution is 0.476. The fourth-order valence-electron chi connectivity index (χ4n) is 5.20. The van der Waals surface area contributed by atoms with Crippen LogP contribution in [0, 0.1) is 0 Å². The van der Waals surface area contributed by atoms with Crippen molar-refractivity contribution in [1.82, 2.24) is 0 Å². The van der Waals surface area contributed by atoms with Crippen molar-refractivity contribution in [1.29, 1.82) is 0 Å². The van der Waals surface area contributed by atoms with Gasteiger partial charge in [-0.15, -0.1) is 0 Å². The van der Waals surface area contributed by atoms with E-state index in [1.807, 2.05) is 30.3 Å². The van der Waals surface area contributed by atoms with E-state index >= 15 is 0 Å². The normalized spacial score (nSPS) is 16.5. The van der Waals surface area contributed by atoms with Crippen molar-refractivity contribution in [3.63, 3.8) is 0 Å². The van der Waals surface area contributed by atoms with Crippen LogP contribution < -0.4 is 0 Å². The van der Waals surface area contributed by atoms with Crippen molar-refractivity contribution in [2.45, 2.75) is 38.5 Å². The van der Waals surface area contributed by atoms with Gasteiger partial charge in [-0.05, 0) is 75.1 Å². The highest BCUT2D eigenvalue weighted by Crippen LogP contribution is 2.48. The van der Waals surface area contributed by atoms with Crippen LogP contribution in [0.2, 0.25) is 0 Å². The molecule has 0 aliphatic heterocycles. The summed E-state index contributed by atoms with van der Waals surface area (Å²) in [6.45, 7) is 4.81. The predicted molar refractivity (Wildman–Crippen MR) is 132 cm³/mol. The number of phenols is 1. The Morgan fingerprint density at radius 2 is 1.48 bits per heavy atom. The van der Waals surface area contributed by atoms with E-state index in [9.17, 15) is 0 Å². The molecule has 0 unspecified atom stereocenters. The average molecular weight is 405 g/mol. The van der Waals surface area contributed by atoms with Crippen molar-refractivity contribution in [2.75, 3.05) is 0 Å². The summed E-state index contributed by atoms with van der Waals surface area (Å²) >= 11 is 0. The Morgan fingerprint density at radius 3 is 2.32 bits per heavy atom. The van der Waals surface area contributed by atoms with Gasteiger partial charge in [0.25, 0.3) is 0 Å². The van der Waals surface area contributed by atoms with Gasteiger partial charge in [0.15, 0.2) is 0 Å². The van der Waals surface area contributed by atoms with Crippen molar-refractivity contribution in [3.05, 3.63) is 108 Å². The van der Waals surface area contributed by atoms with Crippen molar-refractivity contribution >= 4 is 27.1 Å². The highest BCUT2D eigenvalue weighted by atomic mass is 16.3. The molecule has 0 aromatic heterocycles. The van der Waals surface area contributed by atoms with E-state index in [4.69, 9.17) is 5.11 Å². The van der Waals surface area contributed by atoms with Crippen LogP contribution in [0.3, 0.4) is 0 Å². The smallest absolute Gasteiger partial charge is 0.116 e. The van der Waals surface area contributed by atoms with E-state index in [-0.39, 0.29) is 5.41 Å². The molecule has 4 aromatic carbocycles. The van der Waals surface area contributed by atoms with Crippen LogP contribution in [-0.2, 0) is 5.41 Å². The van der Waals surface area contributed by atoms with E-state index in [1.54, 1.807) is 23.3 Å². The molecule has 0 heterocycles. The number of phenolic OH excluding ortho intramolecular Hbond substituents is 1. The summed E-state index contributed by atoms with van der Waals surface area (Å²) in [4.78, 5) is 0. The van der Waals surface area contributed by atoms with Crippen molar-refractivity contribution < 1.29 is 5.11 Å². The van der Waals surface area contributed by atoms with Gasteiger partial charge in [0.1, 0.15) is 5.75 Å². The largest absolute Gasteiger partial charge is 0.508 e. The summed E-state index contributed by atoms with van der Waals surface area (Å²) in [6, 6.07) is 26.7. The number of allylic oxidation sites excluding steroid dienone is 4. The molecule has 2 aliphatic rings. The zero-order valence-corrected chi connectivity index (χ0v) is 18.2. The molecule has 6 rings (SSSR count). The molecule has 0 amide bonds. The maximum Gasteiger partial charge on any atom is 0.116 e. The van der Waals surface area contributed by atoms with Gasteiger partial charge in [-0.25, -0.2) is 0 Å². The van der Waals surface area contributed by atoms with Gasteiger partial charge in [0.05, 0.1) is 0 Å². The molecule has 0 radical (unpaired) electrons. The summed E-state index contributed by atoms with van der Waals surface area (Å²) < 4.78 is 0. The van der Waals surface area contributed by atoms with Gasteiger partial charge in [0.2, 0.25) is 0 Å². The number of rotatable bonds is 0. The van der Waals surface area contributed by atoms with Crippen molar-refractivity contribution in [3.8, 4) is 5.75 Å². The van der Waals surface area contributed by atoms with E-state index in [0.717, 1.165) is 10.8 Å². The minimum atomic E-state index is 0.236. The zero-order chi connectivity index (χ0) is 21.4. The lowest BCUT2D eigenvalue weighted by Crippen LogP contribution is -2.25. The lowest BCUT2D eigenvalue weighted by atomic mass is 9.67. The fourth-order valence-corrected chi connectivity index (χ4v) is 5.20. The molecular formula is C30H28O. The molecule has 0 bridgehead atoms. The van der Waals surface area contributed by atoms with E-state index < -0.39 is 0 Å². The molecule has 0 saturated carbocycles. The summed E-state index contributed by atoms with van der Waals surface area (Å²) in [5.41, 5.74) is 6.39. The molecule has 2 aliphatic carbocycles. The second kappa shape index (κ2) is 7.74. The molecule has 1 N–H and O–H groups in total. The van der Waals surface area contributed by atoms with Crippen LogP contribution in [0.5, 0.6) is 5.75 Å². The fraction of sp³-hybridized carbons (Fsp3) is 0.200. The number of fused-ring (bicyclic) bond motifs is 5. The third kappa shape index (κ3) is 3.65. The van der Waals surface area contributed by atoms with Crippen LogP contribution in [-0.4, -0.2) is 5.11 Å². The minimum Gasteiger partial charge on any atom is -0.508 e. The van der Waals surface area contributed by atoms with Crippen LogP contribution in [0.1, 0.15) is 44.2 Å². The summed E-state index contributed by atoms with van der Waals surface area (Å²) in [7, 11) is 0. The monoisotopic (exact) mass is 404 g/mol. The van der Waals surface area contributed by atoms with Crippen LogP contribution in [0.15, 0.2) is 96.6 Å². The first-order valence-electron chi connectivity index (χ1n) is 11.1. The number of hydrogen-bond acceptors (Lipinski definition) is 1. The minimum absolute atomic E-state index is 0.236. The third-order valence-electron chi connectivity index (χ3n) is 6.56. The molecule has 0 fully saturated rings. The summed E-state index contributed by atoms with van der Waals surface area (Å²) in [5, 5.41) is 14.2. The Hall–Kier alpha value is -3.32. The maximum atomic E-state index is 9.13. The van der Waals surface area contributed by atoms with Gasteiger partial charge in [-0.3, -0.25) is 0 Å². The molecular weight excluding hydrogens is 376 g/mol. The van der Waals surface area contributed by atoms with Gasteiger partial charge < -0.3 is 5.11 Å². The molecule has 0 saturated heterocycles. The van der Waals surface area contributed by atoms with Crippen molar-refractivity contribution in [2.24, 2.45) is 0 Å². The predicted octanol–water partition coefficient (Wildman–Crippen LogP) is 8.17. The van der Waals surface area contributed by atoms with E-state index in [1.165, 1.54) is 41.2 Å². The molecule has 0 spiro atoms. The highest BCUT2D eigenvalue weighted by molar-refractivity contribution is 5.95. The second-order valence-electron chi connectivity index (χ2n) is 9.26.